The maximum atomic E-state index is 12.8. The summed E-state index contributed by atoms with van der Waals surface area (Å²) in [5.41, 5.74) is 18.6. The van der Waals surface area contributed by atoms with E-state index >= 15 is 0 Å². The van der Waals surface area contributed by atoms with Gasteiger partial charge >= 0.3 is 5.91 Å². The number of likely N-dealkylation sites (tertiary alicyclic amines) is 1. The fourth-order valence-electron chi connectivity index (χ4n) is 4.24. The predicted molar refractivity (Wildman–Crippen MR) is 149 cm³/mol. The highest BCUT2D eigenvalue weighted by molar-refractivity contribution is 6.31. The Morgan fingerprint density at radius 3 is 2.54 bits per heavy atom. The van der Waals surface area contributed by atoms with Crippen LogP contribution < -0.4 is 27.8 Å². The molecule has 2 amide bonds. The van der Waals surface area contributed by atoms with Crippen LogP contribution in [-0.2, 0) is 9.63 Å². The normalized spacial score (nSPS) is 17.5. The third-order valence-electron chi connectivity index (χ3n) is 6.61. The van der Waals surface area contributed by atoms with Crippen LogP contribution in [0.5, 0.6) is 0 Å². The second-order valence-corrected chi connectivity index (χ2v) is 9.87. The summed E-state index contributed by atoms with van der Waals surface area (Å²) >= 11 is 5.86. The maximum absolute atomic E-state index is 12.8. The molecule has 206 valence electrons. The zero-order valence-electron chi connectivity index (χ0n) is 21.5. The number of aliphatic imine (C=N–C) groups is 1. The van der Waals surface area contributed by atoms with Crippen molar-refractivity contribution in [2.75, 3.05) is 31.1 Å². The van der Waals surface area contributed by atoms with Crippen LogP contribution in [0, 0.1) is 6.92 Å². The van der Waals surface area contributed by atoms with Crippen LogP contribution in [0.1, 0.15) is 47.3 Å². The number of nitrogens with one attached hydrogen (secondary N) is 2. The minimum Gasteiger partial charge on any atom is -0.382 e. The zero-order valence-corrected chi connectivity index (χ0v) is 22.3. The number of piperidine rings is 1. The number of hydrogen-bond donors (Lipinski definition) is 5. The highest BCUT2D eigenvalue weighted by Crippen LogP contribution is 2.26. The van der Waals surface area contributed by atoms with E-state index in [2.05, 4.69) is 37.3 Å². The zero-order chi connectivity index (χ0) is 28.2. The van der Waals surface area contributed by atoms with E-state index in [9.17, 15) is 9.59 Å². The summed E-state index contributed by atoms with van der Waals surface area (Å²) in [5.74, 6) is -0.0352. The number of aryl methyl sites for hydroxylation is 1. The summed E-state index contributed by atoms with van der Waals surface area (Å²) in [5, 5.41) is 10.2. The Kier molecular flexibility index (Phi) is 8.19. The molecule has 2 fully saturated rings. The minimum absolute atomic E-state index is 0.00519. The lowest BCUT2D eigenvalue weighted by Crippen LogP contribution is -2.53. The Bertz CT molecular complexity index is 1330. The van der Waals surface area contributed by atoms with Gasteiger partial charge in [0, 0.05) is 38.0 Å². The van der Waals surface area contributed by atoms with Gasteiger partial charge in [-0.25, -0.2) is 9.97 Å². The Labute approximate surface area is 230 Å². The number of oxime groups is 1. The van der Waals surface area contributed by atoms with Crippen molar-refractivity contribution in [2.24, 2.45) is 15.9 Å². The van der Waals surface area contributed by atoms with Crippen molar-refractivity contribution in [1.82, 2.24) is 25.5 Å². The summed E-state index contributed by atoms with van der Waals surface area (Å²) in [6.45, 7) is 7.47. The number of rotatable bonds is 7. The molecule has 1 aromatic carbocycles. The smallest absolute Gasteiger partial charge is 0.302 e. The molecule has 2 aromatic rings. The van der Waals surface area contributed by atoms with Gasteiger partial charge in [0.05, 0.1) is 5.54 Å². The van der Waals surface area contributed by atoms with Gasteiger partial charge in [0.15, 0.2) is 34.3 Å². The number of halogens is 1. The molecule has 0 unspecified atom stereocenters. The number of nitrogens with zero attached hydrogens (tertiary/aromatic N) is 5. The summed E-state index contributed by atoms with van der Waals surface area (Å²) in [6, 6.07) is 7.58. The van der Waals surface area contributed by atoms with Gasteiger partial charge in [-0.2, -0.15) is 4.99 Å². The number of carbonyl (C=O) groups is 2. The van der Waals surface area contributed by atoms with Crippen LogP contribution in [0.25, 0.3) is 0 Å². The van der Waals surface area contributed by atoms with E-state index < -0.39 is 5.91 Å². The van der Waals surface area contributed by atoms with Crippen LogP contribution in [0.2, 0.25) is 5.15 Å². The van der Waals surface area contributed by atoms with E-state index in [1.165, 1.54) is 0 Å². The topological polar surface area (TPSA) is 199 Å². The number of carbonyl (C=O) groups excluding carboxylic acids is 2. The number of benzene rings is 1. The quantitative estimate of drug-likeness (QED) is 0.144. The number of guanidine groups is 1. The largest absolute Gasteiger partial charge is 0.382 e. The molecule has 2 aliphatic rings. The van der Waals surface area contributed by atoms with Crippen molar-refractivity contribution < 1.29 is 14.4 Å². The van der Waals surface area contributed by atoms with Crippen molar-refractivity contribution in [1.29, 1.82) is 0 Å². The molecule has 1 aromatic heterocycles. The van der Waals surface area contributed by atoms with Gasteiger partial charge in [0.1, 0.15) is 5.76 Å². The van der Waals surface area contributed by atoms with Crippen LogP contribution in [0.4, 0.5) is 11.6 Å². The van der Waals surface area contributed by atoms with Gasteiger partial charge in [0.25, 0.3) is 0 Å². The highest BCUT2D eigenvalue weighted by Gasteiger charge is 2.40. The molecule has 2 aliphatic heterocycles. The molecule has 14 heteroatoms. The van der Waals surface area contributed by atoms with Gasteiger partial charge in [-0.05, 0) is 19.8 Å². The van der Waals surface area contributed by atoms with Crippen LogP contribution in [-0.4, -0.2) is 63.7 Å². The van der Waals surface area contributed by atoms with Crippen LogP contribution >= 0.6 is 11.6 Å². The number of hydrogen-bond acceptors (Lipinski definition) is 8. The van der Waals surface area contributed by atoms with E-state index in [1.807, 2.05) is 31.2 Å². The molecule has 0 radical (unpaired) electrons. The summed E-state index contributed by atoms with van der Waals surface area (Å²) < 4.78 is 0. The average molecular weight is 555 g/mol. The number of allylic oxidation sites excluding steroid dienone is 1. The number of amidine groups is 1. The molecule has 2 saturated heterocycles. The van der Waals surface area contributed by atoms with E-state index in [-0.39, 0.29) is 46.2 Å². The standard InChI is InChI=1S/C25H31ClN10O3/c1-14-3-6-16(7-4-14)20(27)35-39-15(2)5-8-17(37)36-11-9-25(10-12-36)13-30-24(34-25)33-23(38)18-21(28)32-22(29)19(26)31-18/h3-4,6-7H,2,5,8-13H2,1H3,(H2,27,35)(H4,28,29,32)(H2,30,33,34,38). The molecule has 39 heavy (non-hydrogen) atoms. The van der Waals surface area contributed by atoms with Gasteiger partial charge < -0.3 is 37.6 Å². The molecule has 1 spiro atoms. The van der Waals surface area contributed by atoms with E-state index in [4.69, 9.17) is 33.6 Å². The lowest BCUT2D eigenvalue weighted by molar-refractivity contribution is -0.132. The van der Waals surface area contributed by atoms with Crippen LogP contribution in [0.15, 0.2) is 46.8 Å². The number of amides is 2. The van der Waals surface area contributed by atoms with Crippen molar-refractivity contribution in [3.8, 4) is 0 Å². The molecule has 0 saturated carbocycles. The van der Waals surface area contributed by atoms with Crippen LogP contribution in [0.3, 0.4) is 0 Å². The molecule has 0 atom stereocenters. The summed E-state index contributed by atoms with van der Waals surface area (Å²) in [4.78, 5) is 44.2. The predicted octanol–water partition coefficient (Wildman–Crippen LogP) is 1.28. The molecule has 3 heterocycles. The second kappa shape index (κ2) is 11.6. The van der Waals surface area contributed by atoms with Crippen molar-refractivity contribution in [3.63, 3.8) is 0 Å². The molecular formula is C25H31ClN10O3. The fourth-order valence-corrected chi connectivity index (χ4v) is 4.37. The van der Waals surface area contributed by atoms with E-state index in [0.717, 1.165) is 11.1 Å². The number of aromatic nitrogens is 2. The molecule has 0 bridgehead atoms. The van der Waals surface area contributed by atoms with Gasteiger partial charge in [0.2, 0.25) is 5.91 Å². The Hall–Kier alpha value is -4.39. The Morgan fingerprint density at radius 1 is 1.15 bits per heavy atom. The molecule has 0 aliphatic carbocycles. The first-order valence-electron chi connectivity index (χ1n) is 12.3. The average Bonchev–Trinajstić information content (AvgIpc) is 3.30. The minimum atomic E-state index is -0.700. The lowest BCUT2D eigenvalue weighted by atomic mass is 9.88. The van der Waals surface area contributed by atoms with Crippen molar-refractivity contribution in [3.05, 3.63) is 58.6 Å². The summed E-state index contributed by atoms with van der Waals surface area (Å²) in [7, 11) is 0. The third-order valence-corrected chi connectivity index (χ3v) is 6.89. The number of nitrogen functional groups attached to an aromatic ring is 2. The highest BCUT2D eigenvalue weighted by atomic mass is 35.5. The van der Waals surface area contributed by atoms with Gasteiger partial charge in [-0.3, -0.25) is 9.59 Å². The summed E-state index contributed by atoms with van der Waals surface area (Å²) in [6.07, 6.45) is 1.91. The van der Waals surface area contributed by atoms with Gasteiger partial charge in [-0.1, -0.05) is 53.2 Å². The SMILES string of the molecule is C=C(CCC(=O)N1CCC2(CC1)CN/C(=N\C(=O)c1nc(Cl)c(N)nc1N)N2)O/N=C(\N)c1ccc(C)cc1. The first-order valence-corrected chi connectivity index (χ1v) is 12.7. The second-order valence-electron chi connectivity index (χ2n) is 9.51. The lowest BCUT2D eigenvalue weighted by Gasteiger charge is -2.38. The first kappa shape index (κ1) is 27.6. The fraction of sp³-hybridized carbons (Fsp3) is 0.360. The molecule has 8 N–H and O–H groups in total. The molecule has 13 nitrogen and oxygen atoms in total. The molecule has 4 rings (SSSR count). The monoisotopic (exact) mass is 554 g/mol. The van der Waals surface area contributed by atoms with Gasteiger partial charge in [-0.15, -0.1) is 0 Å². The van der Waals surface area contributed by atoms with E-state index in [0.29, 0.717) is 50.6 Å². The Balaban J connectivity index is 1.23. The van der Waals surface area contributed by atoms with Crippen molar-refractivity contribution in [2.45, 2.75) is 38.1 Å². The number of nitrogens with two attached hydrogens (primary N) is 3. The molecular weight excluding hydrogens is 524 g/mol. The Morgan fingerprint density at radius 2 is 1.85 bits per heavy atom. The maximum Gasteiger partial charge on any atom is 0.302 e. The van der Waals surface area contributed by atoms with E-state index in [1.54, 1.807) is 4.90 Å². The number of anilines is 2. The first-order chi connectivity index (χ1) is 18.5. The third kappa shape index (κ3) is 6.74. The van der Waals surface area contributed by atoms with Crippen molar-refractivity contribution >= 4 is 46.8 Å².